The highest BCUT2D eigenvalue weighted by molar-refractivity contribution is 6.30. The lowest BCUT2D eigenvalue weighted by Crippen LogP contribution is -2.51. The highest BCUT2D eigenvalue weighted by Gasteiger charge is 2.40. The van der Waals surface area contributed by atoms with Crippen LogP contribution in [0.15, 0.2) is 24.3 Å². The van der Waals surface area contributed by atoms with Crippen molar-refractivity contribution in [2.75, 3.05) is 13.1 Å². The van der Waals surface area contributed by atoms with E-state index in [1.165, 1.54) is 37.7 Å². The average Bonchev–Trinajstić information content (AvgIpc) is 2.49. The number of hydrogen-bond acceptors (Lipinski definition) is 2. The zero-order valence-electron chi connectivity index (χ0n) is 12.4. The van der Waals surface area contributed by atoms with Crippen LogP contribution in [0.25, 0.3) is 0 Å². The Morgan fingerprint density at radius 3 is 2.38 bits per heavy atom. The smallest absolute Gasteiger partial charge is 0.0564 e. The molecule has 4 heteroatoms. The fourth-order valence-electron chi connectivity index (χ4n) is 4.00. The van der Waals surface area contributed by atoms with Crippen molar-refractivity contribution in [3.63, 3.8) is 0 Å². The van der Waals surface area contributed by atoms with Gasteiger partial charge >= 0.3 is 0 Å². The van der Waals surface area contributed by atoms with E-state index in [1.807, 2.05) is 6.07 Å². The van der Waals surface area contributed by atoms with Crippen molar-refractivity contribution in [2.45, 2.75) is 56.6 Å². The molecule has 0 spiro atoms. The molecule has 0 bridgehead atoms. The van der Waals surface area contributed by atoms with Crippen molar-refractivity contribution in [1.82, 2.24) is 4.90 Å². The van der Waals surface area contributed by atoms with Crippen LogP contribution < -0.4 is 0 Å². The fraction of sp³-hybridized carbons (Fsp3) is 0.647. The van der Waals surface area contributed by atoms with Crippen LogP contribution in [-0.4, -0.2) is 29.2 Å². The first-order valence-corrected chi connectivity index (χ1v) is 8.28. The maximum atomic E-state index is 9.78. The molecule has 1 aliphatic heterocycles. The summed E-state index contributed by atoms with van der Waals surface area (Å²) >= 11 is 6.23. The molecule has 0 aromatic heterocycles. The third kappa shape index (κ3) is 3.56. The molecule has 1 heterocycles. The SMILES string of the molecule is Cl.OC1CCN(C2(c3cccc(Cl)c3)CCCCC2)CC1. The standard InChI is InChI=1S/C17H24ClNO.ClH/c18-15-6-4-5-14(13-15)17(9-2-1-3-10-17)19-11-7-16(20)8-12-19;/h4-6,13,16,20H,1-3,7-12H2;1H. The molecule has 0 unspecified atom stereocenters. The summed E-state index contributed by atoms with van der Waals surface area (Å²) in [5.74, 6) is 0. The summed E-state index contributed by atoms with van der Waals surface area (Å²) in [4.78, 5) is 2.62. The number of likely N-dealkylation sites (tertiary alicyclic amines) is 1. The third-order valence-corrected chi connectivity index (χ3v) is 5.35. The van der Waals surface area contributed by atoms with Crippen molar-refractivity contribution in [3.05, 3.63) is 34.9 Å². The van der Waals surface area contributed by atoms with Gasteiger partial charge in [0.05, 0.1) is 6.10 Å². The maximum Gasteiger partial charge on any atom is 0.0564 e. The van der Waals surface area contributed by atoms with E-state index in [0.717, 1.165) is 31.0 Å². The first-order valence-electron chi connectivity index (χ1n) is 7.90. The third-order valence-electron chi connectivity index (χ3n) is 5.11. The number of aliphatic hydroxyl groups excluding tert-OH is 1. The van der Waals surface area contributed by atoms with Crippen LogP contribution in [-0.2, 0) is 5.54 Å². The molecule has 2 aliphatic rings. The molecule has 1 aromatic carbocycles. The van der Waals surface area contributed by atoms with Crippen LogP contribution >= 0.6 is 24.0 Å². The molecular weight excluding hydrogens is 305 g/mol. The van der Waals surface area contributed by atoms with Crippen molar-refractivity contribution in [3.8, 4) is 0 Å². The molecule has 0 amide bonds. The van der Waals surface area contributed by atoms with Gasteiger partial charge in [0.2, 0.25) is 0 Å². The van der Waals surface area contributed by atoms with E-state index in [-0.39, 0.29) is 24.0 Å². The van der Waals surface area contributed by atoms with E-state index in [1.54, 1.807) is 0 Å². The fourth-order valence-corrected chi connectivity index (χ4v) is 4.19. The number of halogens is 2. The Balaban J connectivity index is 0.00000161. The molecule has 21 heavy (non-hydrogen) atoms. The summed E-state index contributed by atoms with van der Waals surface area (Å²) in [6, 6.07) is 8.43. The number of benzene rings is 1. The van der Waals surface area contributed by atoms with E-state index in [2.05, 4.69) is 23.1 Å². The summed E-state index contributed by atoms with van der Waals surface area (Å²) < 4.78 is 0. The Hall–Kier alpha value is -0.280. The molecule has 118 valence electrons. The Labute approximate surface area is 138 Å². The minimum atomic E-state index is -0.105. The summed E-state index contributed by atoms with van der Waals surface area (Å²) in [7, 11) is 0. The molecule has 3 rings (SSSR count). The zero-order chi connectivity index (χ0) is 14.0. The minimum Gasteiger partial charge on any atom is -0.393 e. The van der Waals surface area contributed by atoms with E-state index in [9.17, 15) is 5.11 Å². The number of nitrogens with zero attached hydrogens (tertiary/aromatic N) is 1. The predicted octanol–water partition coefficient (Wildman–Crippen LogP) is 4.38. The molecule has 2 nitrogen and oxygen atoms in total. The molecule has 2 fully saturated rings. The molecule has 1 saturated heterocycles. The van der Waals surface area contributed by atoms with Crippen LogP contribution in [0.2, 0.25) is 5.02 Å². The first-order chi connectivity index (χ1) is 9.71. The van der Waals surface area contributed by atoms with Crippen molar-refractivity contribution >= 4 is 24.0 Å². The Kier molecular flexibility index (Phi) is 5.96. The Morgan fingerprint density at radius 2 is 1.76 bits per heavy atom. The van der Waals surface area contributed by atoms with Gasteiger partial charge < -0.3 is 5.11 Å². The van der Waals surface area contributed by atoms with Gasteiger partial charge in [0.1, 0.15) is 0 Å². The van der Waals surface area contributed by atoms with Gasteiger partial charge in [-0.1, -0.05) is 43.0 Å². The van der Waals surface area contributed by atoms with Crippen LogP contribution in [0, 0.1) is 0 Å². The van der Waals surface area contributed by atoms with Crippen molar-refractivity contribution < 1.29 is 5.11 Å². The van der Waals surface area contributed by atoms with Crippen LogP contribution in [0.1, 0.15) is 50.5 Å². The number of piperidine rings is 1. The molecule has 0 atom stereocenters. The van der Waals surface area contributed by atoms with Crippen LogP contribution in [0.4, 0.5) is 0 Å². The molecule has 1 aliphatic carbocycles. The second-order valence-corrected chi connectivity index (χ2v) is 6.76. The van der Waals surface area contributed by atoms with Gasteiger partial charge in [0, 0.05) is 23.7 Å². The van der Waals surface area contributed by atoms with Crippen molar-refractivity contribution in [1.29, 1.82) is 0 Å². The molecule has 1 N–H and O–H groups in total. The van der Waals surface area contributed by atoms with Crippen LogP contribution in [0.3, 0.4) is 0 Å². The second kappa shape index (κ2) is 7.32. The summed E-state index contributed by atoms with van der Waals surface area (Å²) in [6.45, 7) is 2.02. The summed E-state index contributed by atoms with van der Waals surface area (Å²) in [5.41, 5.74) is 1.53. The second-order valence-electron chi connectivity index (χ2n) is 6.32. The van der Waals surface area contributed by atoms with Gasteiger partial charge in [-0.2, -0.15) is 0 Å². The van der Waals surface area contributed by atoms with E-state index < -0.39 is 0 Å². The predicted molar refractivity (Wildman–Crippen MR) is 90.3 cm³/mol. The number of rotatable bonds is 2. The molecule has 0 radical (unpaired) electrons. The molecule has 1 saturated carbocycles. The monoisotopic (exact) mass is 329 g/mol. The summed E-state index contributed by atoms with van der Waals surface area (Å²) in [5, 5.41) is 10.6. The normalized spacial score (nSPS) is 23.5. The molecular formula is C17H25Cl2NO. The minimum absolute atomic E-state index is 0. The topological polar surface area (TPSA) is 23.5 Å². The van der Waals surface area contributed by atoms with Gasteiger partial charge in [-0.25, -0.2) is 0 Å². The van der Waals surface area contributed by atoms with Crippen molar-refractivity contribution in [2.24, 2.45) is 0 Å². The van der Waals surface area contributed by atoms with E-state index in [4.69, 9.17) is 11.6 Å². The highest BCUT2D eigenvalue weighted by Crippen LogP contribution is 2.44. The lowest BCUT2D eigenvalue weighted by molar-refractivity contribution is -0.00777. The molecule has 1 aromatic rings. The lowest BCUT2D eigenvalue weighted by atomic mass is 9.74. The highest BCUT2D eigenvalue weighted by atomic mass is 35.5. The van der Waals surface area contributed by atoms with Gasteiger partial charge in [0.25, 0.3) is 0 Å². The number of hydrogen-bond donors (Lipinski definition) is 1. The van der Waals surface area contributed by atoms with Gasteiger partial charge in [-0.3, -0.25) is 4.90 Å². The number of aliphatic hydroxyl groups is 1. The van der Waals surface area contributed by atoms with Gasteiger partial charge in [-0.05, 0) is 43.4 Å². The lowest BCUT2D eigenvalue weighted by Gasteiger charge is -2.49. The van der Waals surface area contributed by atoms with Gasteiger partial charge in [-0.15, -0.1) is 12.4 Å². The van der Waals surface area contributed by atoms with E-state index >= 15 is 0 Å². The van der Waals surface area contributed by atoms with Gasteiger partial charge in [0.15, 0.2) is 0 Å². The zero-order valence-corrected chi connectivity index (χ0v) is 14.0. The maximum absolute atomic E-state index is 9.78. The Bertz CT molecular complexity index is 452. The van der Waals surface area contributed by atoms with Crippen LogP contribution in [0.5, 0.6) is 0 Å². The average molecular weight is 330 g/mol. The largest absolute Gasteiger partial charge is 0.393 e. The van der Waals surface area contributed by atoms with E-state index in [0.29, 0.717) is 0 Å². The first kappa shape index (κ1) is 17.1. The Morgan fingerprint density at radius 1 is 1.10 bits per heavy atom. The summed E-state index contributed by atoms with van der Waals surface area (Å²) in [6.07, 6.45) is 8.10. The quantitative estimate of drug-likeness (QED) is 0.870.